The van der Waals surface area contributed by atoms with Gasteiger partial charge in [0.25, 0.3) is 0 Å². The summed E-state index contributed by atoms with van der Waals surface area (Å²) in [6.07, 6.45) is 5.69. The lowest BCUT2D eigenvalue weighted by Gasteiger charge is -2.16. The summed E-state index contributed by atoms with van der Waals surface area (Å²) in [6, 6.07) is 0.865. The van der Waals surface area contributed by atoms with Crippen molar-refractivity contribution in [1.82, 2.24) is 4.90 Å². The lowest BCUT2D eigenvalue weighted by molar-refractivity contribution is 0.151. The zero-order valence-corrected chi connectivity index (χ0v) is 8.29. The molecule has 0 radical (unpaired) electrons. The van der Waals surface area contributed by atoms with Crippen LogP contribution in [0.4, 0.5) is 0 Å². The molecule has 0 aromatic carbocycles. The summed E-state index contributed by atoms with van der Waals surface area (Å²) in [7, 11) is 2.19. The fourth-order valence-electron chi connectivity index (χ4n) is 1.48. The third-order valence-corrected chi connectivity index (χ3v) is 2.69. The van der Waals surface area contributed by atoms with Crippen molar-refractivity contribution in [1.29, 1.82) is 0 Å². The predicted octanol–water partition coefficient (Wildman–Crippen LogP) is 1.63. The number of hydrogen-bond acceptors (Lipinski definition) is 2. The molecule has 72 valence electrons. The van der Waals surface area contributed by atoms with Crippen LogP contribution in [0.25, 0.3) is 0 Å². The Morgan fingerprint density at radius 2 is 2.17 bits per heavy atom. The number of aliphatic hydroxyl groups excluding tert-OH is 1. The van der Waals surface area contributed by atoms with Gasteiger partial charge in [-0.15, -0.1) is 0 Å². The lowest BCUT2D eigenvalue weighted by Crippen LogP contribution is -2.22. The first-order valence-corrected chi connectivity index (χ1v) is 5.12. The average molecular weight is 171 g/mol. The predicted molar refractivity (Wildman–Crippen MR) is 51.2 cm³/mol. The molecule has 1 N–H and O–H groups in total. The molecule has 0 heterocycles. The minimum Gasteiger partial charge on any atom is -0.393 e. The SMILES string of the molecule is CCC(O)CCCN(C)C1CC1. The number of nitrogens with zero attached hydrogens (tertiary/aromatic N) is 1. The number of hydrogen-bond donors (Lipinski definition) is 1. The fourth-order valence-corrected chi connectivity index (χ4v) is 1.48. The van der Waals surface area contributed by atoms with Gasteiger partial charge in [0.2, 0.25) is 0 Å². The van der Waals surface area contributed by atoms with Gasteiger partial charge in [-0.25, -0.2) is 0 Å². The maximum Gasteiger partial charge on any atom is 0.0538 e. The van der Waals surface area contributed by atoms with Gasteiger partial charge >= 0.3 is 0 Å². The zero-order chi connectivity index (χ0) is 8.97. The molecule has 0 bridgehead atoms. The van der Waals surface area contributed by atoms with Gasteiger partial charge in [0.1, 0.15) is 0 Å². The Hall–Kier alpha value is -0.0800. The molecular formula is C10H21NO. The molecule has 2 nitrogen and oxygen atoms in total. The summed E-state index contributed by atoms with van der Waals surface area (Å²) in [5.74, 6) is 0. The van der Waals surface area contributed by atoms with Gasteiger partial charge < -0.3 is 10.0 Å². The molecule has 0 aromatic heterocycles. The average Bonchev–Trinajstić information content (AvgIpc) is 2.86. The summed E-state index contributed by atoms with van der Waals surface area (Å²) in [4.78, 5) is 2.42. The van der Waals surface area contributed by atoms with E-state index >= 15 is 0 Å². The lowest BCUT2D eigenvalue weighted by atomic mass is 10.1. The summed E-state index contributed by atoms with van der Waals surface area (Å²) in [5.41, 5.74) is 0. The molecule has 1 unspecified atom stereocenters. The Bertz CT molecular complexity index is 123. The minimum atomic E-state index is -0.0717. The molecule has 12 heavy (non-hydrogen) atoms. The Labute approximate surface area is 75.6 Å². The topological polar surface area (TPSA) is 23.5 Å². The second-order valence-electron chi connectivity index (χ2n) is 3.92. The van der Waals surface area contributed by atoms with Crippen LogP contribution in [0.15, 0.2) is 0 Å². The third kappa shape index (κ3) is 3.55. The van der Waals surface area contributed by atoms with E-state index in [1.54, 1.807) is 0 Å². The number of aliphatic hydroxyl groups is 1. The van der Waals surface area contributed by atoms with Crippen LogP contribution in [0.5, 0.6) is 0 Å². The van der Waals surface area contributed by atoms with Gasteiger partial charge in [-0.2, -0.15) is 0 Å². The van der Waals surface area contributed by atoms with Gasteiger partial charge in [0.05, 0.1) is 6.10 Å². The van der Waals surface area contributed by atoms with Crippen LogP contribution < -0.4 is 0 Å². The highest BCUT2D eigenvalue weighted by Crippen LogP contribution is 2.25. The molecule has 0 amide bonds. The van der Waals surface area contributed by atoms with E-state index in [4.69, 9.17) is 0 Å². The first kappa shape index (κ1) is 10.0. The molecule has 1 fully saturated rings. The van der Waals surface area contributed by atoms with Crippen LogP contribution in [0.1, 0.15) is 39.0 Å². The molecule has 1 atom stereocenters. The Morgan fingerprint density at radius 3 is 2.67 bits per heavy atom. The van der Waals surface area contributed by atoms with E-state index in [9.17, 15) is 5.11 Å². The first-order chi connectivity index (χ1) is 5.74. The summed E-state index contributed by atoms with van der Waals surface area (Å²) < 4.78 is 0. The van der Waals surface area contributed by atoms with Gasteiger partial charge in [-0.3, -0.25) is 0 Å². The van der Waals surface area contributed by atoms with Gasteiger partial charge in [0, 0.05) is 6.04 Å². The van der Waals surface area contributed by atoms with E-state index in [0.717, 1.165) is 31.8 Å². The van der Waals surface area contributed by atoms with Gasteiger partial charge in [0.15, 0.2) is 0 Å². The van der Waals surface area contributed by atoms with Crippen molar-refractivity contribution < 1.29 is 5.11 Å². The monoisotopic (exact) mass is 171 g/mol. The largest absolute Gasteiger partial charge is 0.393 e. The normalized spacial score (nSPS) is 20.0. The van der Waals surface area contributed by atoms with Crippen LogP contribution >= 0.6 is 0 Å². The maximum atomic E-state index is 9.31. The molecule has 0 saturated heterocycles. The maximum absolute atomic E-state index is 9.31. The molecule has 1 aliphatic rings. The van der Waals surface area contributed by atoms with E-state index in [1.807, 2.05) is 6.92 Å². The second-order valence-corrected chi connectivity index (χ2v) is 3.92. The molecule has 0 aliphatic heterocycles. The highest BCUT2D eigenvalue weighted by Gasteiger charge is 2.25. The molecule has 0 aromatic rings. The Kier molecular flexibility index (Phi) is 4.02. The first-order valence-electron chi connectivity index (χ1n) is 5.12. The van der Waals surface area contributed by atoms with Crippen molar-refractivity contribution >= 4 is 0 Å². The molecule has 0 spiro atoms. The zero-order valence-electron chi connectivity index (χ0n) is 8.29. The minimum absolute atomic E-state index is 0.0717. The van der Waals surface area contributed by atoms with Crippen LogP contribution in [0.3, 0.4) is 0 Å². The van der Waals surface area contributed by atoms with Crippen LogP contribution in [0.2, 0.25) is 0 Å². The van der Waals surface area contributed by atoms with Crippen molar-refractivity contribution in [3.05, 3.63) is 0 Å². The smallest absolute Gasteiger partial charge is 0.0538 e. The summed E-state index contributed by atoms with van der Waals surface area (Å²) >= 11 is 0. The molecule has 1 aliphatic carbocycles. The van der Waals surface area contributed by atoms with Crippen molar-refractivity contribution in [2.45, 2.75) is 51.2 Å². The van der Waals surface area contributed by atoms with Crippen LogP contribution in [-0.2, 0) is 0 Å². The van der Waals surface area contributed by atoms with Crippen molar-refractivity contribution in [3.8, 4) is 0 Å². The standard InChI is InChI=1S/C10H21NO/c1-3-10(12)5-4-8-11(2)9-6-7-9/h9-10,12H,3-8H2,1-2H3. The van der Waals surface area contributed by atoms with E-state index in [2.05, 4.69) is 11.9 Å². The highest BCUT2D eigenvalue weighted by atomic mass is 16.3. The Balaban J connectivity index is 1.93. The molecular weight excluding hydrogens is 150 g/mol. The van der Waals surface area contributed by atoms with E-state index < -0.39 is 0 Å². The molecule has 1 rings (SSSR count). The van der Waals surface area contributed by atoms with Gasteiger partial charge in [-0.05, 0) is 45.7 Å². The fraction of sp³-hybridized carbons (Fsp3) is 1.00. The number of rotatable bonds is 6. The quantitative estimate of drug-likeness (QED) is 0.656. The molecule has 1 saturated carbocycles. The second kappa shape index (κ2) is 4.83. The van der Waals surface area contributed by atoms with Crippen molar-refractivity contribution in [3.63, 3.8) is 0 Å². The Morgan fingerprint density at radius 1 is 1.50 bits per heavy atom. The van der Waals surface area contributed by atoms with Crippen LogP contribution in [-0.4, -0.2) is 35.7 Å². The van der Waals surface area contributed by atoms with Crippen molar-refractivity contribution in [2.24, 2.45) is 0 Å². The summed E-state index contributed by atoms with van der Waals surface area (Å²) in [6.45, 7) is 3.19. The highest BCUT2D eigenvalue weighted by molar-refractivity contribution is 4.82. The van der Waals surface area contributed by atoms with E-state index in [0.29, 0.717) is 0 Å². The molecule has 2 heteroatoms. The van der Waals surface area contributed by atoms with Crippen molar-refractivity contribution in [2.75, 3.05) is 13.6 Å². The third-order valence-electron chi connectivity index (χ3n) is 2.69. The summed E-state index contributed by atoms with van der Waals surface area (Å²) in [5, 5.41) is 9.31. The van der Waals surface area contributed by atoms with Crippen LogP contribution in [0, 0.1) is 0 Å². The van der Waals surface area contributed by atoms with Gasteiger partial charge in [-0.1, -0.05) is 6.92 Å². The van der Waals surface area contributed by atoms with E-state index in [-0.39, 0.29) is 6.10 Å². The van der Waals surface area contributed by atoms with E-state index in [1.165, 1.54) is 12.8 Å².